The Balaban J connectivity index is 2.39. The number of hydrogen-bond donors (Lipinski definition) is 1. The summed E-state index contributed by atoms with van der Waals surface area (Å²) in [6.07, 6.45) is 0. The summed E-state index contributed by atoms with van der Waals surface area (Å²) >= 11 is 0. The van der Waals surface area contributed by atoms with E-state index in [1.165, 1.54) is 0 Å². The third kappa shape index (κ3) is 0.673. The molecule has 2 aliphatic rings. The van der Waals surface area contributed by atoms with Crippen LogP contribution >= 0.6 is 0 Å². The minimum absolute atomic E-state index is 0.255. The zero-order chi connectivity index (χ0) is 8.06. The maximum Gasteiger partial charge on any atom is 0.321 e. The highest BCUT2D eigenvalue weighted by atomic mass is 16.6. The number of carbonyl (C=O) groups excluding carboxylic acids is 2. The number of rotatable bonds is 0. The molecule has 2 heterocycles. The molecular formula is C7H9NO3. The summed E-state index contributed by atoms with van der Waals surface area (Å²) in [6, 6.07) is 0. The average molecular weight is 155 g/mol. The van der Waals surface area contributed by atoms with Crippen molar-refractivity contribution in [2.24, 2.45) is 11.3 Å². The SMILES string of the molecule is CC12CNCC1C(=O)OC2=O. The van der Waals surface area contributed by atoms with Gasteiger partial charge in [-0.3, -0.25) is 9.59 Å². The molecule has 0 aromatic rings. The number of fused-ring (bicyclic) bond motifs is 1. The highest BCUT2D eigenvalue weighted by Gasteiger charge is 2.56. The van der Waals surface area contributed by atoms with Crippen molar-refractivity contribution in [1.29, 1.82) is 0 Å². The molecule has 2 unspecified atom stereocenters. The molecule has 11 heavy (non-hydrogen) atoms. The average Bonchev–Trinajstić information content (AvgIpc) is 2.39. The van der Waals surface area contributed by atoms with E-state index in [4.69, 9.17) is 0 Å². The van der Waals surface area contributed by atoms with Gasteiger partial charge in [0.2, 0.25) is 0 Å². The summed E-state index contributed by atoms with van der Waals surface area (Å²) < 4.78 is 4.51. The summed E-state index contributed by atoms with van der Waals surface area (Å²) in [5.74, 6) is -1.00. The van der Waals surface area contributed by atoms with Crippen LogP contribution < -0.4 is 5.32 Å². The molecule has 4 heteroatoms. The molecule has 2 aliphatic heterocycles. The van der Waals surface area contributed by atoms with Gasteiger partial charge in [0.15, 0.2) is 0 Å². The Hall–Kier alpha value is -0.900. The van der Waals surface area contributed by atoms with Crippen molar-refractivity contribution in [3.63, 3.8) is 0 Å². The molecule has 0 aromatic carbocycles. The van der Waals surface area contributed by atoms with Gasteiger partial charge in [-0.1, -0.05) is 0 Å². The van der Waals surface area contributed by atoms with Gasteiger partial charge in [0.1, 0.15) is 0 Å². The van der Waals surface area contributed by atoms with E-state index >= 15 is 0 Å². The summed E-state index contributed by atoms with van der Waals surface area (Å²) in [7, 11) is 0. The number of ether oxygens (including phenoxy) is 1. The first-order valence-electron chi connectivity index (χ1n) is 3.61. The molecule has 1 N–H and O–H groups in total. The third-order valence-corrected chi connectivity index (χ3v) is 2.55. The Kier molecular flexibility index (Phi) is 1.12. The second kappa shape index (κ2) is 1.82. The number of carbonyl (C=O) groups is 2. The summed E-state index contributed by atoms with van der Waals surface area (Å²) in [5, 5.41) is 3.00. The van der Waals surface area contributed by atoms with E-state index in [9.17, 15) is 9.59 Å². The molecular weight excluding hydrogens is 146 g/mol. The highest BCUT2D eigenvalue weighted by Crippen LogP contribution is 2.38. The van der Waals surface area contributed by atoms with Crippen LogP contribution in [0.1, 0.15) is 6.92 Å². The van der Waals surface area contributed by atoms with Crippen molar-refractivity contribution in [3.05, 3.63) is 0 Å². The van der Waals surface area contributed by atoms with Crippen LogP contribution in [0, 0.1) is 11.3 Å². The van der Waals surface area contributed by atoms with Crippen molar-refractivity contribution < 1.29 is 14.3 Å². The predicted molar refractivity (Wildman–Crippen MR) is 35.6 cm³/mol. The maximum absolute atomic E-state index is 11.1. The van der Waals surface area contributed by atoms with E-state index in [2.05, 4.69) is 10.1 Å². The highest BCUT2D eigenvalue weighted by molar-refractivity contribution is 5.99. The zero-order valence-electron chi connectivity index (χ0n) is 6.22. The van der Waals surface area contributed by atoms with Crippen LogP contribution in [0.4, 0.5) is 0 Å². The topological polar surface area (TPSA) is 55.4 Å². The molecule has 4 nitrogen and oxygen atoms in total. The lowest BCUT2D eigenvalue weighted by Gasteiger charge is -2.13. The van der Waals surface area contributed by atoms with E-state index in [1.54, 1.807) is 6.92 Å². The number of nitrogens with one attached hydrogen (secondary N) is 1. The first-order chi connectivity index (χ1) is 5.14. The van der Waals surface area contributed by atoms with Crippen LogP contribution in [0.3, 0.4) is 0 Å². The zero-order valence-corrected chi connectivity index (χ0v) is 6.22. The molecule has 0 aliphatic carbocycles. The third-order valence-electron chi connectivity index (χ3n) is 2.55. The fourth-order valence-electron chi connectivity index (χ4n) is 1.66. The first kappa shape index (κ1) is 6.79. The Bertz CT molecular complexity index is 238. The minimum Gasteiger partial charge on any atom is -0.392 e. The molecule has 0 amide bonds. The monoisotopic (exact) mass is 155 g/mol. The van der Waals surface area contributed by atoms with Gasteiger partial charge in [-0.2, -0.15) is 0 Å². The van der Waals surface area contributed by atoms with Crippen LogP contribution in [0.5, 0.6) is 0 Å². The second-order valence-corrected chi connectivity index (χ2v) is 3.31. The van der Waals surface area contributed by atoms with E-state index in [-0.39, 0.29) is 17.9 Å². The van der Waals surface area contributed by atoms with Crippen LogP contribution in [0.15, 0.2) is 0 Å². The maximum atomic E-state index is 11.1. The predicted octanol–water partition coefficient (Wildman–Crippen LogP) is -0.705. The second-order valence-electron chi connectivity index (χ2n) is 3.31. The molecule has 2 rings (SSSR count). The van der Waals surface area contributed by atoms with E-state index in [0.717, 1.165) is 0 Å². The molecule has 0 aromatic heterocycles. The van der Waals surface area contributed by atoms with Crippen molar-refractivity contribution >= 4 is 11.9 Å². The van der Waals surface area contributed by atoms with Gasteiger partial charge in [-0.15, -0.1) is 0 Å². The van der Waals surface area contributed by atoms with Crippen LogP contribution in [0.2, 0.25) is 0 Å². The molecule has 0 saturated carbocycles. The first-order valence-corrected chi connectivity index (χ1v) is 3.61. The standard InChI is InChI=1S/C7H9NO3/c1-7-3-8-2-4(7)5(9)11-6(7)10/h4,8H,2-3H2,1H3. The fourth-order valence-corrected chi connectivity index (χ4v) is 1.66. The Morgan fingerprint density at radius 3 is 3.00 bits per heavy atom. The van der Waals surface area contributed by atoms with Gasteiger partial charge in [0, 0.05) is 13.1 Å². The van der Waals surface area contributed by atoms with Gasteiger partial charge in [-0.05, 0) is 6.92 Å². The van der Waals surface area contributed by atoms with Gasteiger partial charge < -0.3 is 10.1 Å². The number of cyclic esters (lactones) is 2. The molecule has 2 fully saturated rings. The van der Waals surface area contributed by atoms with Gasteiger partial charge in [-0.25, -0.2) is 0 Å². The largest absolute Gasteiger partial charge is 0.392 e. The Labute approximate surface area is 63.9 Å². The minimum atomic E-state index is -0.586. The Morgan fingerprint density at radius 1 is 1.64 bits per heavy atom. The molecule has 2 saturated heterocycles. The molecule has 0 radical (unpaired) electrons. The summed E-state index contributed by atoms with van der Waals surface area (Å²) in [4.78, 5) is 22.1. The molecule has 0 bridgehead atoms. The van der Waals surface area contributed by atoms with E-state index in [0.29, 0.717) is 13.1 Å². The fraction of sp³-hybridized carbons (Fsp3) is 0.714. The van der Waals surface area contributed by atoms with Crippen LogP contribution in [-0.2, 0) is 14.3 Å². The van der Waals surface area contributed by atoms with Crippen LogP contribution in [0.25, 0.3) is 0 Å². The number of esters is 2. The summed E-state index contributed by atoms with van der Waals surface area (Å²) in [5.41, 5.74) is -0.586. The number of hydrogen-bond acceptors (Lipinski definition) is 4. The Morgan fingerprint density at radius 2 is 2.36 bits per heavy atom. The lowest BCUT2D eigenvalue weighted by molar-refractivity contribution is -0.155. The van der Waals surface area contributed by atoms with E-state index in [1.807, 2.05) is 0 Å². The quantitative estimate of drug-likeness (QED) is 0.371. The molecule has 2 atom stereocenters. The van der Waals surface area contributed by atoms with Gasteiger partial charge in [0.05, 0.1) is 11.3 Å². The van der Waals surface area contributed by atoms with E-state index < -0.39 is 5.41 Å². The van der Waals surface area contributed by atoms with Gasteiger partial charge in [0.25, 0.3) is 0 Å². The van der Waals surface area contributed by atoms with Crippen molar-refractivity contribution in [3.8, 4) is 0 Å². The lowest BCUT2D eigenvalue weighted by atomic mass is 9.82. The summed E-state index contributed by atoms with van der Waals surface area (Å²) in [6.45, 7) is 2.90. The van der Waals surface area contributed by atoms with Crippen molar-refractivity contribution in [2.45, 2.75) is 6.92 Å². The lowest BCUT2D eigenvalue weighted by Crippen LogP contribution is -2.30. The van der Waals surface area contributed by atoms with Crippen molar-refractivity contribution in [1.82, 2.24) is 5.32 Å². The smallest absolute Gasteiger partial charge is 0.321 e. The molecule has 0 spiro atoms. The molecule has 60 valence electrons. The van der Waals surface area contributed by atoms with Gasteiger partial charge >= 0.3 is 11.9 Å². The van der Waals surface area contributed by atoms with Crippen LogP contribution in [-0.4, -0.2) is 25.0 Å². The van der Waals surface area contributed by atoms with Crippen molar-refractivity contribution in [2.75, 3.05) is 13.1 Å². The normalized spacial score (nSPS) is 42.5.